The minimum atomic E-state index is -0.443. The maximum atomic E-state index is 13.2. The Kier molecular flexibility index (Phi) is 2.61. The summed E-state index contributed by atoms with van der Waals surface area (Å²) in [6, 6.07) is 10.0. The molecule has 0 bridgehead atoms. The number of anilines is 1. The third-order valence-corrected chi connectivity index (χ3v) is 3.37. The largest absolute Gasteiger partial charge is 0.281 e. The molecule has 1 aliphatic rings. The van der Waals surface area contributed by atoms with E-state index in [4.69, 9.17) is 0 Å². The first-order valence-electron chi connectivity index (χ1n) is 5.97. The molecule has 1 aliphatic carbocycles. The van der Waals surface area contributed by atoms with E-state index in [1.54, 1.807) is 18.2 Å². The summed E-state index contributed by atoms with van der Waals surface area (Å²) in [5.74, 6) is -0.694. The molecule has 96 valence electrons. The molecule has 2 aromatic carbocycles. The van der Waals surface area contributed by atoms with Crippen LogP contribution in [0.4, 0.5) is 10.1 Å². The van der Waals surface area contributed by atoms with Crippen LogP contribution in [0, 0.1) is 5.82 Å². The van der Waals surface area contributed by atoms with Crippen molar-refractivity contribution in [1.82, 2.24) is 0 Å². The van der Waals surface area contributed by atoms with E-state index in [-0.39, 0.29) is 5.82 Å². The number of hydroxylamine groups is 1. The van der Waals surface area contributed by atoms with E-state index in [0.717, 1.165) is 22.3 Å². The Bertz CT molecular complexity index is 682. The average Bonchev–Trinajstić information content (AvgIpc) is 2.73. The second kappa shape index (κ2) is 4.17. The molecule has 0 radical (unpaired) electrons. The molecule has 2 aromatic rings. The first-order chi connectivity index (χ1) is 9.06. The molecule has 0 unspecified atom stereocenters. The highest BCUT2D eigenvalue weighted by Crippen LogP contribution is 2.38. The lowest BCUT2D eigenvalue weighted by molar-refractivity contribution is -0.121. The van der Waals surface area contributed by atoms with E-state index in [2.05, 4.69) is 0 Å². The quantitative estimate of drug-likeness (QED) is 0.537. The van der Waals surface area contributed by atoms with Gasteiger partial charge in [-0.05, 0) is 52.9 Å². The van der Waals surface area contributed by atoms with E-state index in [1.165, 1.54) is 19.1 Å². The van der Waals surface area contributed by atoms with Gasteiger partial charge in [-0.2, -0.15) is 5.06 Å². The van der Waals surface area contributed by atoms with Crippen molar-refractivity contribution in [2.45, 2.75) is 13.3 Å². The summed E-state index contributed by atoms with van der Waals surface area (Å²) in [6.07, 6.45) is 0.613. The summed E-state index contributed by atoms with van der Waals surface area (Å²) in [4.78, 5) is 11.1. The van der Waals surface area contributed by atoms with Crippen molar-refractivity contribution in [3.8, 4) is 11.1 Å². The number of carbonyl (C=O) groups is 1. The third kappa shape index (κ3) is 1.90. The van der Waals surface area contributed by atoms with Gasteiger partial charge in [0.1, 0.15) is 5.82 Å². The lowest BCUT2D eigenvalue weighted by atomic mass is 10.1. The smallest absolute Gasteiger partial charge is 0.247 e. The van der Waals surface area contributed by atoms with Crippen LogP contribution in [0.5, 0.6) is 0 Å². The highest BCUT2D eigenvalue weighted by Gasteiger charge is 2.20. The fraction of sp³-hybridized carbons (Fsp3) is 0.133. The summed E-state index contributed by atoms with van der Waals surface area (Å²) in [5.41, 5.74) is 4.38. The van der Waals surface area contributed by atoms with Gasteiger partial charge in [-0.3, -0.25) is 10.0 Å². The van der Waals surface area contributed by atoms with E-state index < -0.39 is 5.91 Å². The van der Waals surface area contributed by atoms with Gasteiger partial charge in [0.2, 0.25) is 5.91 Å². The second-order valence-corrected chi connectivity index (χ2v) is 4.65. The van der Waals surface area contributed by atoms with Crippen molar-refractivity contribution in [1.29, 1.82) is 0 Å². The third-order valence-electron chi connectivity index (χ3n) is 3.37. The number of benzene rings is 2. The molecule has 19 heavy (non-hydrogen) atoms. The molecule has 3 rings (SSSR count). The van der Waals surface area contributed by atoms with Crippen LogP contribution < -0.4 is 5.06 Å². The van der Waals surface area contributed by atoms with Crippen LogP contribution in [0.25, 0.3) is 11.1 Å². The first kappa shape index (κ1) is 11.9. The molecule has 1 N–H and O–H groups in total. The molecular formula is C15H12FNO2. The van der Waals surface area contributed by atoms with Gasteiger partial charge in [0, 0.05) is 6.92 Å². The minimum Gasteiger partial charge on any atom is -0.281 e. The SMILES string of the molecule is CC(=O)N(O)c1ccc2c(c1)Cc1cc(F)ccc1-2. The Labute approximate surface area is 109 Å². The number of halogens is 1. The minimum absolute atomic E-state index is 0.251. The second-order valence-electron chi connectivity index (χ2n) is 4.65. The van der Waals surface area contributed by atoms with Gasteiger partial charge >= 0.3 is 0 Å². The number of hydrogen-bond donors (Lipinski definition) is 1. The van der Waals surface area contributed by atoms with Crippen LogP contribution in [-0.4, -0.2) is 11.1 Å². The Morgan fingerprint density at radius 1 is 1.16 bits per heavy atom. The summed E-state index contributed by atoms with van der Waals surface area (Å²) < 4.78 is 13.2. The van der Waals surface area contributed by atoms with Crippen molar-refractivity contribution in [2.24, 2.45) is 0 Å². The molecular weight excluding hydrogens is 245 g/mol. The Morgan fingerprint density at radius 3 is 2.47 bits per heavy atom. The molecule has 3 nitrogen and oxygen atoms in total. The van der Waals surface area contributed by atoms with Crippen LogP contribution in [0.3, 0.4) is 0 Å². The summed E-state index contributed by atoms with van der Waals surface area (Å²) in [5, 5.41) is 10.2. The maximum Gasteiger partial charge on any atom is 0.247 e. The zero-order valence-electron chi connectivity index (χ0n) is 10.4. The molecule has 1 amide bonds. The van der Waals surface area contributed by atoms with Gasteiger partial charge in [0.05, 0.1) is 5.69 Å². The number of rotatable bonds is 1. The predicted octanol–water partition coefficient (Wildman–Crippen LogP) is 3.14. The van der Waals surface area contributed by atoms with Crippen LogP contribution in [0.2, 0.25) is 0 Å². The molecule has 0 aromatic heterocycles. The standard InChI is InChI=1S/C15H12FNO2/c1-9(18)17(19)13-3-5-15-11(8-13)6-10-7-12(16)2-4-14(10)15/h2-5,7-8,19H,6H2,1H3. The first-order valence-corrected chi connectivity index (χ1v) is 5.97. The highest BCUT2D eigenvalue weighted by atomic mass is 19.1. The Hall–Kier alpha value is -2.20. The number of carbonyl (C=O) groups excluding carboxylic acids is 1. The maximum absolute atomic E-state index is 13.2. The number of hydrogen-bond acceptors (Lipinski definition) is 2. The number of nitrogens with zero attached hydrogens (tertiary/aromatic N) is 1. The molecule has 0 saturated carbocycles. The van der Waals surface area contributed by atoms with Crippen LogP contribution in [0.15, 0.2) is 36.4 Å². The van der Waals surface area contributed by atoms with Gasteiger partial charge in [-0.15, -0.1) is 0 Å². The highest BCUT2D eigenvalue weighted by molar-refractivity contribution is 5.90. The van der Waals surface area contributed by atoms with Crippen LogP contribution in [0.1, 0.15) is 18.1 Å². The molecule has 0 fully saturated rings. The molecule has 0 atom stereocenters. The number of fused-ring (bicyclic) bond motifs is 3. The van der Waals surface area contributed by atoms with Crippen LogP contribution >= 0.6 is 0 Å². The van der Waals surface area contributed by atoms with E-state index in [1.807, 2.05) is 6.07 Å². The normalized spacial score (nSPS) is 11.9. The zero-order valence-corrected chi connectivity index (χ0v) is 10.4. The Balaban J connectivity index is 2.05. The fourth-order valence-electron chi connectivity index (χ4n) is 2.48. The van der Waals surface area contributed by atoms with E-state index in [0.29, 0.717) is 17.2 Å². The van der Waals surface area contributed by atoms with Gasteiger partial charge in [0.15, 0.2) is 0 Å². The molecule has 0 spiro atoms. The fourth-order valence-corrected chi connectivity index (χ4v) is 2.48. The summed E-state index contributed by atoms with van der Waals surface area (Å²) >= 11 is 0. The van der Waals surface area contributed by atoms with Gasteiger partial charge in [-0.25, -0.2) is 4.39 Å². The molecule has 0 aliphatic heterocycles. The van der Waals surface area contributed by atoms with Gasteiger partial charge in [-0.1, -0.05) is 12.1 Å². The zero-order chi connectivity index (χ0) is 13.6. The predicted molar refractivity (Wildman–Crippen MR) is 69.6 cm³/mol. The lowest BCUT2D eigenvalue weighted by Crippen LogP contribution is -2.23. The van der Waals surface area contributed by atoms with E-state index in [9.17, 15) is 14.4 Å². The van der Waals surface area contributed by atoms with Crippen molar-refractivity contribution in [2.75, 3.05) is 5.06 Å². The molecule has 0 heterocycles. The topological polar surface area (TPSA) is 40.5 Å². The average molecular weight is 257 g/mol. The number of amides is 1. The summed E-state index contributed by atoms with van der Waals surface area (Å²) in [7, 11) is 0. The summed E-state index contributed by atoms with van der Waals surface area (Å²) in [6.45, 7) is 1.29. The van der Waals surface area contributed by atoms with E-state index >= 15 is 0 Å². The molecule has 0 saturated heterocycles. The monoisotopic (exact) mass is 257 g/mol. The van der Waals surface area contributed by atoms with Crippen molar-refractivity contribution in [3.05, 3.63) is 53.3 Å². The Morgan fingerprint density at radius 2 is 1.79 bits per heavy atom. The van der Waals surface area contributed by atoms with Crippen molar-refractivity contribution in [3.63, 3.8) is 0 Å². The van der Waals surface area contributed by atoms with Crippen molar-refractivity contribution >= 4 is 11.6 Å². The van der Waals surface area contributed by atoms with Crippen molar-refractivity contribution < 1.29 is 14.4 Å². The van der Waals surface area contributed by atoms with Crippen LogP contribution in [-0.2, 0) is 11.2 Å². The van der Waals surface area contributed by atoms with Gasteiger partial charge in [0.25, 0.3) is 0 Å². The molecule has 4 heteroatoms. The van der Waals surface area contributed by atoms with Gasteiger partial charge < -0.3 is 0 Å². The lowest BCUT2D eigenvalue weighted by Gasteiger charge is -2.13.